The summed E-state index contributed by atoms with van der Waals surface area (Å²) in [6.45, 7) is 4.15. The van der Waals surface area contributed by atoms with Crippen molar-refractivity contribution in [1.29, 1.82) is 0 Å². The van der Waals surface area contributed by atoms with E-state index in [9.17, 15) is 9.59 Å². The molecule has 0 radical (unpaired) electrons. The van der Waals surface area contributed by atoms with Gasteiger partial charge in [0.15, 0.2) is 0 Å². The number of anilines is 1. The van der Waals surface area contributed by atoms with E-state index in [0.717, 1.165) is 29.0 Å². The summed E-state index contributed by atoms with van der Waals surface area (Å²) in [7, 11) is 0. The molecule has 0 aliphatic carbocycles. The molecule has 0 bridgehead atoms. The van der Waals surface area contributed by atoms with Crippen LogP contribution in [0.2, 0.25) is 0 Å². The Kier molecular flexibility index (Phi) is 7.03. The van der Waals surface area contributed by atoms with Crippen LogP contribution >= 0.6 is 11.8 Å². The van der Waals surface area contributed by atoms with Gasteiger partial charge in [-0.25, -0.2) is 4.79 Å². The zero-order chi connectivity index (χ0) is 14.1. The van der Waals surface area contributed by atoms with Crippen LogP contribution in [-0.2, 0) is 15.3 Å². The molecule has 0 saturated carbocycles. The van der Waals surface area contributed by atoms with Gasteiger partial charge in [-0.3, -0.25) is 5.32 Å². The first-order valence-electron chi connectivity index (χ1n) is 6.22. The molecule has 1 aromatic carbocycles. The van der Waals surface area contributed by atoms with Crippen molar-refractivity contribution in [1.82, 2.24) is 0 Å². The lowest BCUT2D eigenvalue weighted by atomic mass is 10.1. The van der Waals surface area contributed by atoms with E-state index in [2.05, 4.69) is 5.32 Å². The van der Waals surface area contributed by atoms with Crippen molar-refractivity contribution in [3.63, 3.8) is 0 Å². The molecule has 0 aromatic heterocycles. The normalized spacial score (nSPS) is 10.0. The van der Waals surface area contributed by atoms with E-state index in [1.807, 2.05) is 25.1 Å². The number of ether oxygens (including phenoxy) is 1. The summed E-state index contributed by atoms with van der Waals surface area (Å²) in [5.74, 6) is 1.65. The Hall–Kier alpha value is -1.49. The van der Waals surface area contributed by atoms with Crippen molar-refractivity contribution in [2.75, 3.05) is 17.7 Å². The van der Waals surface area contributed by atoms with Crippen molar-refractivity contribution >= 4 is 29.8 Å². The monoisotopic (exact) mass is 281 g/mol. The van der Waals surface area contributed by atoms with Crippen LogP contribution in [0, 0.1) is 6.92 Å². The van der Waals surface area contributed by atoms with Gasteiger partial charge in [-0.05, 0) is 37.1 Å². The zero-order valence-electron chi connectivity index (χ0n) is 11.3. The van der Waals surface area contributed by atoms with Gasteiger partial charge in [0.25, 0.3) is 0 Å². The van der Waals surface area contributed by atoms with Gasteiger partial charge in [-0.1, -0.05) is 6.07 Å². The molecule has 0 unspecified atom stereocenters. The van der Waals surface area contributed by atoms with Crippen LogP contribution in [-0.4, -0.2) is 24.7 Å². The summed E-state index contributed by atoms with van der Waals surface area (Å²) < 4.78 is 4.83. The molecule has 0 fully saturated rings. The van der Waals surface area contributed by atoms with Gasteiger partial charge in [-0.2, -0.15) is 11.8 Å². The molecule has 0 aliphatic heterocycles. The Bertz CT molecular complexity index is 435. The lowest BCUT2D eigenvalue weighted by Gasteiger charge is -2.10. The van der Waals surface area contributed by atoms with Gasteiger partial charge in [0.2, 0.25) is 0 Å². The molecule has 104 valence electrons. The Morgan fingerprint density at radius 2 is 2.26 bits per heavy atom. The summed E-state index contributed by atoms with van der Waals surface area (Å²) >= 11 is 1.71. The highest BCUT2D eigenvalue weighted by molar-refractivity contribution is 7.98. The number of hydrogen-bond donors (Lipinski definition) is 1. The van der Waals surface area contributed by atoms with E-state index >= 15 is 0 Å². The van der Waals surface area contributed by atoms with Crippen LogP contribution in [0.25, 0.3) is 0 Å². The fourth-order valence-corrected chi connectivity index (χ4v) is 2.44. The van der Waals surface area contributed by atoms with Crippen LogP contribution in [0.15, 0.2) is 18.2 Å². The topological polar surface area (TPSA) is 55.4 Å². The van der Waals surface area contributed by atoms with Crippen LogP contribution in [0.3, 0.4) is 0 Å². The number of aryl methyl sites for hydroxylation is 1. The van der Waals surface area contributed by atoms with Crippen molar-refractivity contribution in [2.45, 2.75) is 26.0 Å². The number of carbonyl (C=O) groups is 2. The number of rotatable bonds is 7. The molecule has 0 aliphatic rings. The summed E-state index contributed by atoms with van der Waals surface area (Å²) in [6, 6.07) is 5.77. The molecule has 1 amide bonds. The first-order chi connectivity index (χ1) is 9.17. The highest BCUT2D eigenvalue weighted by atomic mass is 32.2. The molecular weight excluding hydrogens is 262 g/mol. The molecule has 0 atom stereocenters. The number of nitrogens with one attached hydrogen (secondary N) is 1. The van der Waals surface area contributed by atoms with E-state index in [0.29, 0.717) is 13.0 Å². The second kappa shape index (κ2) is 8.58. The minimum absolute atomic E-state index is 0.353. The second-order valence-corrected chi connectivity index (χ2v) is 5.10. The molecule has 19 heavy (non-hydrogen) atoms. The van der Waals surface area contributed by atoms with Gasteiger partial charge >= 0.3 is 6.09 Å². The SMILES string of the molecule is CCOC(=O)Nc1ccc(C)c(CSCCC=O)c1. The molecule has 5 heteroatoms. The Morgan fingerprint density at radius 3 is 2.95 bits per heavy atom. The zero-order valence-corrected chi connectivity index (χ0v) is 12.1. The third kappa shape index (κ3) is 5.79. The number of amides is 1. The predicted molar refractivity (Wildman–Crippen MR) is 78.7 cm³/mol. The first kappa shape index (κ1) is 15.6. The maximum atomic E-state index is 11.3. The van der Waals surface area contributed by atoms with Crippen LogP contribution in [0.1, 0.15) is 24.5 Å². The maximum absolute atomic E-state index is 11.3. The standard InChI is InChI=1S/C14H19NO3S/c1-3-18-14(17)15-13-6-5-11(2)12(9-13)10-19-8-4-7-16/h5-7,9H,3-4,8,10H2,1-2H3,(H,15,17). The first-order valence-corrected chi connectivity index (χ1v) is 7.37. The van der Waals surface area contributed by atoms with E-state index in [4.69, 9.17) is 4.74 Å². The van der Waals surface area contributed by atoms with E-state index < -0.39 is 6.09 Å². The van der Waals surface area contributed by atoms with Crippen LogP contribution in [0.4, 0.5) is 10.5 Å². The van der Waals surface area contributed by atoms with Crippen molar-refractivity contribution in [3.05, 3.63) is 29.3 Å². The fraction of sp³-hybridized carbons (Fsp3) is 0.429. The molecule has 1 N–H and O–H groups in total. The molecule has 0 spiro atoms. The van der Waals surface area contributed by atoms with Gasteiger partial charge in [0, 0.05) is 23.6 Å². The largest absolute Gasteiger partial charge is 0.450 e. The lowest BCUT2D eigenvalue weighted by molar-refractivity contribution is -0.107. The van der Waals surface area contributed by atoms with E-state index in [-0.39, 0.29) is 0 Å². The number of hydrogen-bond acceptors (Lipinski definition) is 4. The molecule has 4 nitrogen and oxygen atoms in total. The smallest absolute Gasteiger partial charge is 0.411 e. The number of aldehydes is 1. The minimum Gasteiger partial charge on any atom is -0.450 e. The molecule has 1 aromatic rings. The number of thioether (sulfide) groups is 1. The number of benzene rings is 1. The summed E-state index contributed by atoms with van der Waals surface area (Å²) in [5, 5.41) is 2.69. The van der Waals surface area contributed by atoms with Crippen molar-refractivity contribution in [2.24, 2.45) is 0 Å². The quantitative estimate of drug-likeness (QED) is 0.615. The van der Waals surface area contributed by atoms with E-state index in [1.165, 1.54) is 5.56 Å². The molecule has 1 rings (SSSR count). The average Bonchev–Trinajstić information content (AvgIpc) is 2.38. The Balaban J connectivity index is 2.60. The summed E-state index contributed by atoms with van der Waals surface area (Å²) in [4.78, 5) is 21.6. The fourth-order valence-electron chi connectivity index (χ4n) is 1.50. The van der Waals surface area contributed by atoms with Crippen LogP contribution < -0.4 is 5.32 Å². The predicted octanol–water partition coefficient (Wildman–Crippen LogP) is 3.39. The van der Waals surface area contributed by atoms with Gasteiger partial charge in [0.1, 0.15) is 6.29 Å². The van der Waals surface area contributed by atoms with Crippen molar-refractivity contribution in [3.8, 4) is 0 Å². The van der Waals surface area contributed by atoms with E-state index in [1.54, 1.807) is 18.7 Å². The molecular formula is C14H19NO3S. The van der Waals surface area contributed by atoms with Crippen LogP contribution in [0.5, 0.6) is 0 Å². The molecule has 0 saturated heterocycles. The minimum atomic E-state index is -0.439. The third-order valence-corrected chi connectivity index (χ3v) is 3.55. The Labute approximate surface area is 117 Å². The van der Waals surface area contributed by atoms with Gasteiger partial charge in [0.05, 0.1) is 6.61 Å². The Morgan fingerprint density at radius 1 is 1.47 bits per heavy atom. The summed E-state index contributed by atoms with van der Waals surface area (Å²) in [5.41, 5.74) is 3.06. The highest BCUT2D eigenvalue weighted by Crippen LogP contribution is 2.21. The third-order valence-electron chi connectivity index (χ3n) is 2.51. The molecule has 0 heterocycles. The van der Waals surface area contributed by atoms with Gasteiger partial charge in [-0.15, -0.1) is 0 Å². The maximum Gasteiger partial charge on any atom is 0.411 e. The number of carbonyl (C=O) groups excluding carboxylic acids is 2. The van der Waals surface area contributed by atoms with Crippen molar-refractivity contribution < 1.29 is 14.3 Å². The lowest BCUT2D eigenvalue weighted by Crippen LogP contribution is -2.13. The average molecular weight is 281 g/mol. The highest BCUT2D eigenvalue weighted by Gasteiger charge is 2.05. The van der Waals surface area contributed by atoms with Gasteiger partial charge < -0.3 is 9.53 Å². The summed E-state index contributed by atoms with van der Waals surface area (Å²) in [6.07, 6.45) is 1.06. The second-order valence-electron chi connectivity index (χ2n) is 3.99.